The monoisotopic (exact) mass is 369 g/mol. The Balaban J connectivity index is 2.28. The Kier molecular flexibility index (Phi) is 4.50. The third-order valence-corrected chi connectivity index (χ3v) is 3.99. The number of benzene rings is 2. The molecule has 2 aromatic rings. The van der Waals surface area contributed by atoms with Gasteiger partial charge in [-0.3, -0.25) is 4.79 Å². The van der Waals surface area contributed by atoms with Gasteiger partial charge in [-0.05, 0) is 46.3 Å². The molecule has 0 aliphatic carbocycles. The van der Waals surface area contributed by atoms with E-state index >= 15 is 0 Å². The van der Waals surface area contributed by atoms with Gasteiger partial charge >= 0.3 is 5.97 Å². The van der Waals surface area contributed by atoms with Gasteiger partial charge in [-0.15, -0.1) is 0 Å². The van der Waals surface area contributed by atoms with Crippen molar-refractivity contribution in [3.8, 4) is 5.75 Å². The lowest BCUT2D eigenvalue weighted by atomic mass is 10.1. The summed E-state index contributed by atoms with van der Waals surface area (Å²) in [6.07, 6.45) is 0. The molecule has 0 aromatic heterocycles. The molecular weight excluding hydrogens is 362 g/mol. The molecule has 0 fully saturated rings. The van der Waals surface area contributed by atoms with Crippen molar-refractivity contribution in [1.82, 2.24) is 0 Å². The second-order valence-electron chi connectivity index (χ2n) is 4.09. The Hall–Kier alpha value is -2.05. The van der Waals surface area contributed by atoms with Crippen LogP contribution in [0.1, 0.15) is 20.7 Å². The number of amides is 1. The Labute approximate surface area is 133 Å². The number of phenols is 1. The van der Waals surface area contributed by atoms with Crippen molar-refractivity contribution in [2.45, 2.75) is 0 Å². The second-order valence-corrected chi connectivity index (χ2v) is 5.32. The smallest absolute Gasteiger partial charge is 0.335 e. The Morgan fingerprint density at radius 3 is 2.52 bits per heavy atom. The lowest BCUT2D eigenvalue weighted by Crippen LogP contribution is -2.13. The molecule has 0 bridgehead atoms. The van der Waals surface area contributed by atoms with Crippen LogP contribution in [0.5, 0.6) is 5.75 Å². The largest absolute Gasteiger partial charge is 0.506 e. The van der Waals surface area contributed by atoms with Crippen LogP contribution in [-0.4, -0.2) is 22.1 Å². The highest BCUT2D eigenvalue weighted by Gasteiger charge is 2.15. The van der Waals surface area contributed by atoms with Crippen LogP contribution < -0.4 is 5.32 Å². The van der Waals surface area contributed by atoms with Gasteiger partial charge in [0, 0.05) is 4.47 Å². The maximum absolute atomic E-state index is 12.1. The van der Waals surface area contributed by atoms with Gasteiger partial charge in [0.05, 0.1) is 21.8 Å². The summed E-state index contributed by atoms with van der Waals surface area (Å²) in [5, 5.41) is 21.3. The molecule has 2 aromatic carbocycles. The predicted molar refractivity (Wildman–Crippen MR) is 82.2 cm³/mol. The number of hydrogen-bond acceptors (Lipinski definition) is 3. The molecule has 0 unspecified atom stereocenters. The summed E-state index contributed by atoms with van der Waals surface area (Å²) in [5.74, 6) is -2.02. The second kappa shape index (κ2) is 6.15. The molecule has 2 rings (SSSR count). The Bertz CT molecular complexity index is 733. The molecule has 0 saturated heterocycles. The summed E-state index contributed by atoms with van der Waals surface area (Å²) in [7, 11) is 0. The van der Waals surface area contributed by atoms with Crippen LogP contribution in [0.4, 0.5) is 5.69 Å². The van der Waals surface area contributed by atoms with E-state index < -0.39 is 11.9 Å². The van der Waals surface area contributed by atoms with E-state index in [2.05, 4.69) is 21.2 Å². The summed E-state index contributed by atoms with van der Waals surface area (Å²) in [6.45, 7) is 0. The molecule has 0 atom stereocenters. The third-order valence-electron chi connectivity index (χ3n) is 2.69. The van der Waals surface area contributed by atoms with Crippen molar-refractivity contribution in [2.75, 3.05) is 5.32 Å². The van der Waals surface area contributed by atoms with Crippen molar-refractivity contribution < 1.29 is 19.8 Å². The Morgan fingerprint density at radius 1 is 1.19 bits per heavy atom. The van der Waals surface area contributed by atoms with Gasteiger partial charge in [0.1, 0.15) is 5.75 Å². The fraction of sp³-hybridized carbons (Fsp3) is 0. The van der Waals surface area contributed by atoms with Crippen LogP contribution in [-0.2, 0) is 0 Å². The molecule has 0 aliphatic rings. The van der Waals surface area contributed by atoms with Gasteiger partial charge in [-0.25, -0.2) is 4.79 Å². The number of nitrogens with one attached hydrogen (secondary N) is 1. The van der Waals surface area contributed by atoms with Gasteiger partial charge in [0.2, 0.25) is 0 Å². The number of carbonyl (C=O) groups is 2. The van der Waals surface area contributed by atoms with Crippen molar-refractivity contribution in [3.05, 3.63) is 57.0 Å². The van der Waals surface area contributed by atoms with Crippen molar-refractivity contribution in [3.63, 3.8) is 0 Å². The lowest BCUT2D eigenvalue weighted by molar-refractivity contribution is 0.0696. The van der Waals surface area contributed by atoms with Crippen molar-refractivity contribution in [2.24, 2.45) is 0 Å². The quantitative estimate of drug-likeness (QED) is 0.718. The van der Waals surface area contributed by atoms with Gasteiger partial charge in [0.15, 0.2) is 0 Å². The SMILES string of the molecule is O=C(O)c1ccc(NC(=O)c2cccc(Br)c2Cl)c(O)c1. The van der Waals surface area contributed by atoms with E-state index in [4.69, 9.17) is 16.7 Å². The maximum Gasteiger partial charge on any atom is 0.335 e. The van der Waals surface area contributed by atoms with Gasteiger partial charge in [-0.2, -0.15) is 0 Å². The standard InChI is InChI=1S/C14H9BrClNO4/c15-9-3-1-2-8(12(9)16)13(19)17-10-5-4-7(14(20)21)6-11(10)18/h1-6,18H,(H,17,19)(H,20,21). The van der Waals surface area contributed by atoms with E-state index in [1.807, 2.05) is 0 Å². The highest BCUT2D eigenvalue weighted by Crippen LogP contribution is 2.29. The summed E-state index contributed by atoms with van der Waals surface area (Å²) in [4.78, 5) is 22.9. The summed E-state index contributed by atoms with van der Waals surface area (Å²) >= 11 is 9.23. The molecule has 0 spiro atoms. The van der Waals surface area contributed by atoms with Crippen LogP contribution in [0.15, 0.2) is 40.9 Å². The normalized spacial score (nSPS) is 10.2. The summed E-state index contributed by atoms with van der Waals surface area (Å²) < 4.78 is 0.572. The van der Waals surface area contributed by atoms with Crippen LogP contribution in [0.3, 0.4) is 0 Å². The fourth-order valence-corrected chi connectivity index (χ4v) is 2.22. The zero-order valence-corrected chi connectivity index (χ0v) is 12.8. The fourth-order valence-electron chi connectivity index (χ4n) is 1.64. The van der Waals surface area contributed by atoms with E-state index in [0.717, 1.165) is 6.07 Å². The molecule has 108 valence electrons. The average molecular weight is 371 g/mol. The minimum absolute atomic E-state index is 0.0778. The first-order valence-corrected chi connectivity index (χ1v) is 6.89. The van der Waals surface area contributed by atoms with Crippen molar-refractivity contribution >= 4 is 45.1 Å². The first-order chi connectivity index (χ1) is 9.90. The van der Waals surface area contributed by atoms with Crippen LogP contribution in [0.2, 0.25) is 5.02 Å². The Morgan fingerprint density at radius 2 is 1.90 bits per heavy atom. The number of carboxylic acid groups (broad SMARTS) is 1. The molecule has 1 amide bonds. The zero-order valence-electron chi connectivity index (χ0n) is 10.4. The van der Waals surface area contributed by atoms with E-state index in [1.54, 1.807) is 12.1 Å². The highest BCUT2D eigenvalue weighted by atomic mass is 79.9. The molecular formula is C14H9BrClNO4. The molecule has 3 N–H and O–H groups in total. The molecule has 0 saturated carbocycles. The number of halogens is 2. The third kappa shape index (κ3) is 3.34. The van der Waals surface area contributed by atoms with Crippen LogP contribution in [0, 0.1) is 0 Å². The van der Waals surface area contributed by atoms with E-state index in [1.165, 1.54) is 18.2 Å². The average Bonchev–Trinajstić information content (AvgIpc) is 2.43. The number of phenolic OH excluding ortho intramolecular Hbond substituents is 1. The number of aromatic hydroxyl groups is 1. The van der Waals surface area contributed by atoms with Gasteiger partial charge in [-0.1, -0.05) is 17.7 Å². The number of carbonyl (C=O) groups excluding carboxylic acids is 1. The van der Waals surface area contributed by atoms with E-state index in [-0.39, 0.29) is 27.6 Å². The highest BCUT2D eigenvalue weighted by molar-refractivity contribution is 9.10. The summed E-state index contributed by atoms with van der Waals surface area (Å²) in [6, 6.07) is 8.52. The first-order valence-electron chi connectivity index (χ1n) is 5.72. The molecule has 0 aliphatic heterocycles. The number of rotatable bonds is 3. The minimum Gasteiger partial charge on any atom is -0.506 e. The van der Waals surface area contributed by atoms with Gasteiger partial charge < -0.3 is 15.5 Å². The zero-order chi connectivity index (χ0) is 15.6. The molecule has 5 nitrogen and oxygen atoms in total. The minimum atomic E-state index is -1.17. The number of hydrogen-bond donors (Lipinski definition) is 3. The number of carboxylic acids is 1. The number of aromatic carboxylic acids is 1. The van der Waals surface area contributed by atoms with Crippen molar-refractivity contribution in [1.29, 1.82) is 0 Å². The van der Waals surface area contributed by atoms with Crippen LogP contribution >= 0.6 is 27.5 Å². The molecule has 7 heteroatoms. The van der Waals surface area contributed by atoms with Gasteiger partial charge in [0.25, 0.3) is 5.91 Å². The molecule has 21 heavy (non-hydrogen) atoms. The lowest BCUT2D eigenvalue weighted by Gasteiger charge is -2.09. The van der Waals surface area contributed by atoms with E-state index in [9.17, 15) is 14.7 Å². The van der Waals surface area contributed by atoms with Crippen LogP contribution in [0.25, 0.3) is 0 Å². The molecule has 0 radical (unpaired) electrons. The summed E-state index contributed by atoms with van der Waals surface area (Å²) in [5.41, 5.74) is 0.250. The maximum atomic E-state index is 12.1. The molecule has 0 heterocycles. The predicted octanol–water partition coefficient (Wildman–Crippen LogP) is 3.76. The topological polar surface area (TPSA) is 86.6 Å². The number of anilines is 1. The van der Waals surface area contributed by atoms with E-state index in [0.29, 0.717) is 4.47 Å². The first kappa shape index (κ1) is 15.3.